The van der Waals surface area contributed by atoms with Crippen LogP contribution >= 0.6 is 0 Å². The number of carbonyl (C=O) groups excluding carboxylic acids is 1. The monoisotopic (exact) mass is 244 g/mol. The molecule has 0 unspecified atom stereocenters. The highest BCUT2D eigenvalue weighted by atomic mass is 16.1. The van der Waals surface area contributed by atoms with Gasteiger partial charge < -0.3 is 5.32 Å². The van der Waals surface area contributed by atoms with E-state index in [1.54, 1.807) is 13.0 Å². The quantitative estimate of drug-likeness (QED) is 0.859. The summed E-state index contributed by atoms with van der Waals surface area (Å²) in [6.07, 6.45) is 5.99. The lowest BCUT2D eigenvalue weighted by molar-refractivity contribution is 0.0902. The maximum absolute atomic E-state index is 12.1. The molecule has 2 rings (SSSR count). The molecule has 1 fully saturated rings. The molecule has 0 aromatic carbocycles. The van der Waals surface area contributed by atoms with Gasteiger partial charge in [0, 0.05) is 0 Å². The zero-order valence-corrected chi connectivity index (χ0v) is 10.4. The van der Waals surface area contributed by atoms with Gasteiger partial charge >= 0.3 is 0 Å². The van der Waals surface area contributed by atoms with Gasteiger partial charge in [0.2, 0.25) is 0 Å². The molecule has 94 valence electrons. The first-order valence-corrected chi connectivity index (χ1v) is 6.18. The number of carbonyl (C=O) groups is 1. The van der Waals surface area contributed by atoms with Gasteiger partial charge in [-0.2, -0.15) is 15.5 Å². The number of aryl methyl sites for hydroxylation is 1. The molecule has 18 heavy (non-hydrogen) atoms. The third kappa shape index (κ3) is 2.65. The topological polar surface area (TPSA) is 78.7 Å². The summed E-state index contributed by atoms with van der Waals surface area (Å²) in [4.78, 5) is 12.1. The standard InChI is InChI=1S/C13H16N4O/c1-10-7-11(8-15-17-10)12(18)16-13(9-14)5-3-2-4-6-13/h7-8H,2-6H2,1H3,(H,16,18). The number of nitriles is 1. The Balaban J connectivity index is 2.13. The molecule has 1 saturated carbocycles. The molecule has 0 aliphatic heterocycles. The minimum atomic E-state index is -0.702. The maximum Gasteiger partial charge on any atom is 0.254 e. The van der Waals surface area contributed by atoms with Gasteiger partial charge in [0.1, 0.15) is 5.54 Å². The van der Waals surface area contributed by atoms with Crippen LogP contribution in [0.1, 0.15) is 48.2 Å². The van der Waals surface area contributed by atoms with Crippen molar-refractivity contribution in [1.29, 1.82) is 5.26 Å². The molecule has 5 nitrogen and oxygen atoms in total. The lowest BCUT2D eigenvalue weighted by Gasteiger charge is -2.31. The van der Waals surface area contributed by atoms with E-state index in [4.69, 9.17) is 0 Å². The van der Waals surface area contributed by atoms with Crippen LogP contribution in [0.2, 0.25) is 0 Å². The molecule has 0 atom stereocenters. The van der Waals surface area contributed by atoms with E-state index in [0.717, 1.165) is 32.1 Å². The molecule has 1 aliphatic rings. The third-order valence-electron chi connectivity index (χ3n) is 3.31. The summed E-state index contributed by atoms with van der Waals surface area (Å²) in [5, 5.41) is 19.7. The van der Waals surface area contributed by atoms with Gasteiger partial charge in [-0.15, -0.1) is 0 Å². The first kappa shape index (κ1) is 12.5. The predicted octanol–water partition coefficient (Wildman–Crippen LogP) is 1.74. The Bertz CT molecular complexity index is 486. The third-order valence-corrected chi connectivity index (χ3v) is 3.31. The fourth-order valence-electron chi connectivity index (χ4n) is 2.31. The highest BCUT2D eigenvalue weighted by Gasteiger charge is 2.33. The zero-order chi connectivity index (χ0) is 13.0. The lowest BCUT2D eigenvalue weighted by Crippen LogP contribution is -2.48. The normalized spacial score (nSPS) is 17.8. The molecule has 5 heteroatoms. The molecular weight excluding hydrogens is 228 g/mol. The van der Waals surface area contributed by atoms with Crippen LogP contribution in [0.15, 0.2) is 12.3 Å². The largest absolute Gasteiger partial charge is 0.334 e. The van der Waals surface area contributed by atoms with Crippen molar-refractivity contribution >= 4 is 5.91 Å². The molecule has 0 spiro atoms. The molecular formula is C13H16N4O. The van der Waals surface area contributed by atoms with Crippen LogP contribution in [-0.2, 0) is 0 Å². The van der Waals surface area contributed by atoms with E-state index in [0.29, 0.717) is 11.3 Å². The second-order valence-corrected chi connectivity index (χ2v) is 4.79. The van der Waals surface area contributed by atoms with E-state index in [9.17, 15) is 10.1 Å². The van der Waals surface area contributed by atoms with Crippen molar-refractivity contribution in [3.63, 3.8) is 0 Å². The van der Waals surface area contributed by atoms with Crippen molar-refractivity contribution in [2.24, 2.45) is 0 Å². The molecule has 1 amide bonds. The smallest absolute Gasteiger partial charge is 0.254 e. The van der Waals surface area contributed by atoms with Gasteiger partial charge in [0.25, 0.3) is 5.91 Å². The molecule has 1 heterocycles. The first-order valence-electron chi connectivity index (χ1n) is 6.18. The van der Waals surface area contributed by atoms with Gasteiger partial charge in [-0.3, -0.25) is 4.79 Å². The highest BCUT2D eigenvalue weighted by molar-refractivity contribution is 5.94. The number of rotatable bonds is 2. The summed E-state index contributed by atoms with van der Waals surface area (Å²) < 4.78 is 0. The molecule has 0 radical (unpaired) electrons. The number of nitrogens with zero attached hydrogens (tertiary/aromatic N) is 3. The van der Waals surface area contributed by atoms with Crippen LogP contribution in [0, 0.1) is 18.3 Å². The van der Waals surface area contributed by atoms with Crippen LogP contribution in [0.5, 0.6) is 0 Å². The second-order valence-electron chi connectivity index (χ2n) is 4.79. The van der Waals surface area contributed by atoms with Gasteiger partial charge in [-0.05, 0) is 25.8 Å². The van der Waals surface area contributed by atoms with Gasteiger partial charge in [-0.25, -0.2) is 0 Å². The molecule has 0 saturated heterocycles. The van der Waals surface area contributed by atoms with Crippen LogP contribution in [0.3, 0.4) is 0 Å². The Morgan fingerprint density at radius 1 is 1.44 bits per heavy atom. The molecule has 1 aliphatic carbocycles. The molecule has 0 bridgehead atoms. The summed E-state index contributed by atoms with van der Waals surface area (Å²) in [7, 11) is 0. The fourth-order valence-corrected chi connectivity index (χ4v) is 2.31. The summed E-state index contributed by atoms with van der Waals surface area (Å²) in [6, 6.07) is 3.94. The SMILES string of the molecule is Cc1cc(C(=O)NC2(C#N)CCCCC2)cnn1. The van der Waals surface area contributed by atoms with E-state index in [1.165, 1.54) is 6.20 Å². The van der Waals surface area contributed by atoms with Gasteiger partial charge in [-0.1, -0.05) is 19.3 Å². The number of hydrogen-bond donors (Lipinski definition) is 1. The second kappa shape index (κ2) is 5.13. The Morgan fingerprint density at radius 3 is 2.78 bits per heavy atom. The number of nitrogens with one attached hydrogen (secondary N) is 1. The average molecular weight is 244 g/mol. The zero-order valence-electron chi connectivity index (χ0n) is 10.4. The fraction of sp³-hybridized carbons (Fsp3) is 0.538. The minimum absolute atomic E-state index is 0.239. The lowest BCUT2D eigenvalue weighted by atomic mass is 9.82. The average Bonchev–Trinajstić information content (AvgIpc) is 2.40. The van der Waals surface area contributed by atoms with Crippen LogP contribution in [0.4, 0.5) is 0 Å². The first-order chi connectivity index (χ1) is 8.65. The van der Waals surface area contributed by atoms with Gasteiger partial charge in [0.05, 0.1) is 23.5 Å². The summed E-state index contributed by atoms with van der Waals surface area (Å²) in [5.41, 5.74) is 0.451. The Hall–Kier alpha value is -1.96. The molecule has 1 aromatic rings. The van der Waals surface area contributed by atoms with E-state index in [2.05, 4.69) is 21.6 Å². The van der Waals surface area contributed by atoms with Crippen LogP contribution in [-0.4, -0.2) is 21.6 Å². The number of amides is 1. The van der Waals surface area contributed by atoms with E-state index < -0.39 is 5.54 Å². The Morgan fingerprint density at radius 2 is 2.17 bits per heavy atom. The Labute approximate surface area is 106 Å². The van der Waals surface area contributed by atoms with Crippen molar-refractivity contribution in [1.82, 2.24) is 15.5 Å². The van der Waals surface area contributed by atoms with Crippen molar-refractivity contribution < 1.29 is 4.79 Å². The van der Waals surface area contributed by atoms with E-state index >= 15 is 0 Å². The van der Waals surface area contributed by atoms with E-state index in [1.807, 2.05) is 0 Å². The van der Waals surface area contributed by atoms with Crippen molar-refractivity contribution in [2.45, 2.75) is 44.6 Å². The van der Waals surface area contributed by atoms with Crippen molar-refractivity contribution in [3.05, 3.63) is 23.5 Å². The number of aromatic nitrogens is 2. The molecule has 1 N–H and O–H groups in total. The molecule has 1 aromatic heterocycles. The summed E-state index contributed by atoms with van der Waals surface area (Å²) >= 11 is 0. The minimum Gasteiger partial charge on any atom is -0.334 e. The van der Waals surface area contributed by atoms with E-state index in [-0.39, 0.29) is 5.91 Å². The predicted molar refractivity (Wildman–Crippen MR) is 65.7 cm³/mol. The number of hydrogen-bond acceptors (Lipinski definition) is 4. The van der Waals surface area contributed by atoms with Crippen LogP contribution in [0.25, 0.3) is 0 Å². The van der Waals surface area contributed by atoms with Gasteiger partial charge in [0.15, 0.2) is 0 Å². The van der Waals surface area contributed by atoms with Crippen molar-refractivity contribution in [3.8, 4) is 6.07 Å². The maximum atomic E-state index is 12.1. The van der Waals surface area contributed by atoms with Crippen molar-refractivity contribution in [2.75, 3.05) is 0 Å². The van der Waals surface area contributed by atoms with Crippen LogP contribution < -0.4 is 5.32 Å². The Kier molecular flexibility index (Phi) is 3.56. The summed E-state index contributed by atoms with van der Waals surface area (Å²) in [5.74, 6) is -0.239. The summed E-state index contributed by atoms with van der Waals surface area (Å²) in [6.45, 7) is 1.78. The highest BCUT2D eigenvalue weighted by Crippen LogP contribution is 2.27.